The predicted molar refractivity (Wildman–Crippen MR) is 36.2 cm³/mol. The van der Waals surface area contributed by atoms with Crippen LogP contribution in [-0.2, 0) is 0 Å². The quantitative estimate of drug-likeness (QED) is 0.314. The third-order valence-corrected chi connectivity index (χ3v) is 0. The molecule has 0 atom stereocenters. The van der Waals surface area contributed by atoms with Crippen LogP contribution in [0.5, 0.6) is 0 Å². The van der Waals surface area contributed by atoms with Crippen LogP contribution in [-0.4, -0.2) is 13.8 Å². The summed E-state index contributed by atoms with van der Waals surface area (Å²) in [5.41, 5.74) is 4.50. The molecule has 0 aliphatic carbocycles. The van der Waals surface area contributed by atoms with Gasteiger partial charge in [0.15, 0.2) is 0 Å². The highest BCUT2D eigenvalue weighted by Crippen LogP contribution is 0.862. The van der Waals surface area contributed by atoms with E-state index in [0.717, 1.165) is 0 Å². The first-order chi connectivity index (χ1) is 3.00. The van der Waals surface area contributed by atoms with E-state index in [0.29, 0.717) is 0 Å². The molecule has 3 heteroatoms. The highest BCUT2D eigenvalue weighted by atomic mass is 14.4. The monoisotopic (exact) mass is 105 g/mol. The molecule has 3 nitrogen and oxygen atoms in total. The molecule has 0 heterocycles. The maximum Gasteiger partial charge on any atom is -0.0187 e. The molecule has 0 aromatic carbocycles. The van der Waals surface area contributed by atoms with Gasteiger partial charge in [0.05, 0.1) is 0 Å². The van der Waals surface area contributed by atoms with Crippen LogP contribution >= 0.6 is 0 Å². The normalized spacial score (nSPS) is 2.00. The van der Waals surface area contributed by atoms with Crippen molar-refractivity contribution in [3.05, 3.63) is 13.2 Å². The van der Waals surface area contributed by atoms with E-state index >= 15 is 0 Å². The first kappa shape index (κ1) is 33.1. The Morgan fingerprint density at radius 2 is 1.14 bits per heavy atom. The molecule has 0 radical (unpaired) electrons. The van der Waals surface area contributed by atoms with E-state index in [2.05, 4.69) is 25.6 Å². The van der Waals surface area contributed by atoms with Gasteiger partial charge in [-0.2, -0.15) is 0 Å². The van der Waals surface area contributed by atoms with E-state index in [9.17, 15) is 0 Å². The topological polar surface area (TPSA) is 84.9 Å². The van der Waals surface area contributed by atoms with Gasteiger partial charge in [0.1, 0.15) is 0 Å². The van der Waals surface area contributed by atoms with E-state index in [-0.39, 0.29) is 6.15 Å². The molecule has 0 bridgehead atoms. The van der Waals surface area contributed by atoms with Crippen molar-refractivity contribution >= 4 is 6.72 Å². The summed E-state index contributed by atoms with van der Waals surface area (Å²) in [4.78, 5) is 0. The van der Waals surface area contributed by atoms with Crippen LogP contribution in [0.15, 0.2) is 13.2 Å². The molecule has 0 aliphatic heterocycles. The molecule has 0 saturated heterocycles. The predicted octanol–water partition coefficient (Wildman–Crippen LogP) is 0.805. The van der Waals surface area contributed by atoms with Gasteiger partial charge in [0.25, 0.3) is 0 Å². The summed E-state index contributed by atoms with van der Waals surface area (Å²) in [7, 11) is 1.50. The maximum atomic E-state index is 5.50. The average Bonchev–Trinajstić information content (AvgIpc) is 1.81. The van der Waals surface area contributed by atoms with Crippen LogP contribution in [0, 0.1) is 5.41 Å². The smallest absolute Gasteiger partial charge is 0.0187 e. The van der Waals surface area contributed by atoms with Crippen LogP contribution in [0.1, 0.15) is 0 Å². The molecule has 6 N–H and O–H groups in total. The van der Waals surface area contributed by atoms with Crippen molar-refractivity contribution in [3.63, 3.8) is 0 Å². The van der Waals surface area contributed by atoms with Crippen molar-refractivity contribution < 1.29 is 0 Å². The molecule has 0 aromatic heterocycles. The summed E-state index contributed by atoms with van der Waals surface area (Å²) in [5, 5.41) is 5.50. The summed E-state index contributed by atoms with van der Waals surface area (Å²) >= 11 is 0. The van der Waals surface area contributed by atoms with Gasteiger partial charge in [0, 0.05) is 0 Å². The first-order valence-corrected chi connectivity index (χ1v) is 1.43. The second-order valence-electron chi connectivity index (χ2n) is 0. The van der Waals surface area contributed by atoms with Crippen molar-refractivity contribution in [3.8, 4) is 0 Å². The van der Waals surface area contributed by atoms with Gasteiger partial charge in [-0.1, -0.05) is 0 Å². The Morgan fingerprint density at radius 3 is 1.14 bits per heavy atom. The summed E-state index contributed by atoms with van der Waals surface area (Å²) in [6, 6.07) is 0. The van der Waals surface area contributed by atoms with Gasteiger partial charge in [0.2, 0.25) is 0 Å². The Labute approximate surface area is 45.3 Å². The highest BCUT2D eigenvalue weighted by Gasteiger charge is 0.836. The van der Waals surface area contributed by atoms with Crippen molar-refractivity contribution in [2.75, 3.05) is 7.05 Å². The molecule has 46 valence electrons. The molecule has 0 unspecified atom stereocenters. The minimum Gasteiger partial charge on any atom is -0.344 e. The lowest BCUT2D eigenvalue weighted by Crippen LogP contribution is -1.69. The van der Waals surface area contributed by atoms with E-state index in [1.165, 1.54) is 7.05 Å². The molecule has 0 saturated carbocycles. The standard InChI is InChI=1S/C2H4.CH5N.CH3N.H3N/c3*1-2;/h1-2H2;2H2,1H3;2H,1H2;1H3. The van der Waals surface area contributed by atoms with E-state index < -0.39 is 0 Å². The summed E-state index contributed by atoms with van der Waals surface area (Å²) in [5.74, 6) is 0. The molecule has 7 heavy (non-hydrogen) atoms. The fraction of sp³-hybridized carbons (Fsp3) is 0.250. The average molecular weight is 105 g/mol. The summed E-state index contributed by atoms with van der Waals surface area (Å²) < 4.78 is 0. The van der Waals surface area contributed by atoms with Gasteiger partial charge in [-0.25, -0.2) is 0 Å². The van der Waals surface area contributed by atoms with Crippen molar-refractivity contribution in [2.45, 2.75) is 0 Å². The van der Waals surface area contributed by atoms with Crippen LogP contribution in [0.3, 0.4) is 0 Å². The second-order valence-corrected chi connectivity index (χ2v) is 0. The van der Waals surface area contributed by atoms with Crippen molar-refractivity contribution in [1.29, 1.82) is 5.41 Å². The third-order valence-electron chi connectivity index (χ3n) is 0. The van der Waals surface area contributed by atoms with Gasteiger partial charge in [-0.15, -0.1) is 13.2 Å². The lowest BCUT2D eigenvalue weighted by molar-refractivity contribution is 1.48. The SMILES string of the molecule is C=C.C=N.CN.N. The molecule has 0 aliphatic rings. The Bertz CT molecular complexity index is 8.90. The van der Waals surface area contributed by atoms with Crippen LogP contribution in [0.2, 0.25) is 0 Å². The number of hydrogen-bond acceptors (Lipinski definition) is 3. The van der Waals surface area contributed by atoms with Gasteiger partial charge in [-0.3, -0.25) is 0 Å². The molecule has 0 aromatic rings. The van der Waals surface area contributed by atoms with Crippen LogP contribution in [0.4, 0.5) is 0 Å². The number of nitrogens with one attached hydrogen (secondary N) is 1. The lowest BCUT2D eigenvalue weighted by Gasteiger charge is -1.19. The minimum absolute atomic E-state index is 0. The Kier molecular flexibility index (Phi) is 1050. The molecule has 0 spiro atoms. The molecular formula is C4H15N3. The summed E-state index contributed by atoms with van der Waals surface area (Å²) in [6.07, 6.45) is 0. The van der Waals surface area contributed by atoms with E-state index in [1.807, 2.05) is 0 Å². The number of nitrogens with two attached hydrogens (primary N) is 1. The van der Waals surface area contributed by atoms with E-state index in [1.54, 1.807) is 0 Å². The Morgan fingerprint density at radius 1 is 1.14 bits per heavy atom. The zero-order chi connectivity index (χ0) is 6.00. The van der Waals surface area contributed by atoms with Crippen LogP contribution < -0.4 is 11.9 Å². The maximum absolute atomic E-state index is 5.50. The fourth-order valence-electron chi connectivity index (χ4n) is 0. The zero-order valence-electron chi connectivity index (χ0n) is 4.91. The van der Waals surface area contributed by atoms with Crippen LogP contribution in [0.25, 0.3) is 0 Å². The molecule has 0 rings (SSSR count). The number of rotatable bonds is 0. The minimum atomic E-state index is 0. The third kappa shape index (κ3) is 132. The fourth-order valence-corrected chi connectivity index (χ4v) is 0. The zero-order valence-corrected chi connectivity index (χ0v) is 4.91. The Balaban J connectivity index is -0.00000000900. The number of hydrogen-bond donors (Lipinski definition) is 3. The molecule has 0 amide bonds. The lowest BCUT2D eigenvalue weighted by atomic mass is 11.3. The summed E-state index contributed by atoms with van der Waals surface area (Å²) in [6.45, 7) is 8.50. The molecular weight excluding hydrogens is 90.1 g/mol. The van der Waals surface area contributed by atoms with Gasteiger partial charge < -0.3 is 17.3 Å². The van der Waals surface area contributed by atoms with E-state index in [4.69, 9.17) is 5.41 Å². The van der Waals surface area contributed by atoms with Crippen molar-refractivity contribution in [1.82, 2.24) is 6.15 Å². The first-order valence-electron chi connectivity index (χ1n) is 1.43. The van der Waals surface area contributed by atoms with Crippen molar-refractivity contribution in [2.24, 2.45) is 5.73 Å². The highest BCUT2D eigenvalue weighted by molar-refractivity contribution is 5.15. The van der Waals surface area contributed by atoms with Gasteiger partial charge >= 0.3 is 0 Å². The van der Waals surface area contributed by atoms with Gasteiger partial charge in [-0.05, 0) is 13.8 Å². The Hall–Kier alpha value is -0.670. The second kappa shape index (κ2) is 223. The molecule has 0 fully saturated rings. The largest absolute Gasteiger partial charge is 0.344 e.